The Bertz CT molecular complexity index is 473. The van der Waals surface area contributed by atoms with Gasteiger partial charge in [-0.2, -0.15) is 0 Å². The molecule has 2 saturated heterocycles. The number of nitrogens with zero attached hydrogens (tertiary/aromatic N) is 1. The van der Waals surface area contributed by atoms with Crippen LogP contribution in [0.1, 0.15) is 37.7 Å². The lowest BCUT2D eigenvalue weighted by molar-refractivity contribution is -0.152. The molecule has 0 spiro atoms. The van der Waals surface area contributed by atoms with Crippen LogP contribution in [0.4, 0.5) is 0 Å². The van der Waals surface area contributed by atoms with Crippen molar-refractivity contribution in [1.29, 1.82) is 0 Å². The normalized spacial score (nSPS) is 33.1. The molecule has 0 radical (unpaired) electrons. The molecule has 4 atom stereocenters. The highest BCUT2D eigenvalue weighted by atomic mass is 16.5. The molecule has 0 N–H and O–H groups in total. The summed E-state index contributed by atoms with van der Waals surface area (Å²) in [6, 6.07) is 11.4. The number of ether oxygens (including phenoxy) is 1. The first-order chi connectivity index (χ1) is 9.72. The van der Waals surface area contributed by atoms with Gasteiger partial charge in [0.05, 0.1) is 12.5 Å². The molecule has 2 fully saturated rings. The molecule has 3 unspecified atom stereocenters. The molecule has 0 amide bonds. The van der Waals surface area contributed by atoms with Crippen LogP contribution in [0, 0.1) is 5.92 Å². The number of piperidine rings is 1. The first kappa shape index (κ1) is 13.6. The van der Waals surface area contributed by atoms with Gasteiger partial charge in [0.2, 0.25) is 0 Å². The van der Waals surface area contributed by atoms with Crippen LogP contribution >= 0.6 is 0 Å². The van der Waals surface area contributed by atoms with Gasteiger partial charge in [0.25, 0.3) is 0 Å². The van der Waals surface area contributed by atoms with Crippen molar-refractivity contribution in [1.82, 2.24) is 4.90 Å². The molecule has 0 aliphatic carbocycles. The minimum absolute atomic E-state index is 0.0129. The summed E-state index contributed by atoms with van der Waals surface area (Å²) in [5.41, 5.74) is 1.29. The highest BCUT2D eigenvalue weighted by molar-refractivity contribution is 5.75. The van der Waals surface area contributed by atoms with Crippen molar-refractivity contribution in [2.24, 2.45) is 5.92 Å². The Morgan fingerprint density at radius 1 is 1.30 bits per heavy atom. The highest BCUT2D eigenvalue weighted by Crippen LogP contribution is 2.46. The van der Waals surface area contributed by atoms with Crippen LogP contribution in [0.2, 0.25) is 0 Å². The number of carbonyl (C=O) groups is 1. The lowest BCUT2D eigenvalue weighted by atomic mass is 9.76. The van der Waals surface area contributed by atoms with E-state index in [2.05, 4.69) is 36.2 Å². The largest absolute Gasteiger partial charge is 0.466 e. The van der Waals surface area contributed by atoms with Crippen LogP contribution < -0.4 is 0 Å². The average Bonchev–Trinajstić information content (AvgIpc) is 2.72. The van der Waals surface area contributed by atoms with Gasteiger partial charge in [-0.1, -0.05) is 30.3 Å². The molecule has 0 saturated carbocycles. The van der Waals surface area contributed by atoms with Crippen molar-refractivity contribution >= 4 is 5.97 Å². The Balaban J connectivity index is 1.92. The van der Waals surface area contributed by atoms with Gasteiger partial charge in [-0.25, -0.2) is 0 Å². The second-order valence-corrected chi connectivity index (χ2v) is 5.99. The van der Waals surface area contributed by atoms with Gasteiger partial charge in [-0.15, -0.1) is 0 Å². The van der Waals surface area contributed by atoms with Crippen molar-refractivity contribution in [3.05, 3.63) is 35.9 Å². The number of benzene rings is 1. The summed E-state index contributed by atoms with van der Waals surface area (Å²) < 4.78 is 5.37. The smallest absolute Gasteiger partial charge is 0.311 e. The van der Waals surface area contributed by atoms with Gasteiger partial charge in [0.1, 0.15) is 0 Å². The van der Waals surface area contributed by atoms with Crippen LogP contribution in [0.5, 0.6) is 0 Å². The quantitative estimate of drug-likeness (QED) is 0.793. The van der Waals surface area contributed by atoms with Crippen LogP contribution in [0.15, 0.2) is 30.3 Å². The van der Waals surface area contributed by atoms with E-state index in [4.69, 9.17) is 4.74 Å². The predicted molar refractivity (Wildman–Crippen MR) is 78.5 cm³/mol. The molecule has 1 aromatic carbocycles. The van der Waals surface area contributed by atoms with Crippen molar-refractivity contribution in [3.63, 3.8) is 0 Å². The van der Waals surface area contributed by atoms with Crippen molar-refractivity contribution in [2.45, 2.75) is 44.2 Å². The molecule has 2 aliphatic rings. The highest BCUT2D eigenvalue weighted by Gasteiger charge is 2.49. The monoisotopic (exact) mass is 273 g/mol. The maximum absolute atomic E-state index is 12.5. The van der Waals surface area contributed by atoms with Crippen LogP contribution in [0.3, 0.4) is 0 Å². The van der Waals surface area contributed by atoms with E-state index in [9.17, 15) is 4.79 Å². The van der Waals surface area contributed by atoms with E-state index in [0.717, 1.165) is 12.8 Å². The molecular formula is C17H23NO2. The van der Waals surface area contributed by atoms with Gasteiger partial charge < -0.3 is 4.74 Å². The van der Waals surface area contributed by atoms with Gasteiger partial charge in [-0.05, 0) is 38.8 Å². The maximum Gasteiger partial charge on any atom is 0.311 e. The second-order valence-electron chi connectivity index (χ2n) is 5.99. The third-order valence-corrected chi connectivity index (χ3v) is 5.06. The average molecular weight is 273 g/mol. The zero-order valence-electron chi connectivity index (χ0n) is 12.3. The summed E-state index contributed by atoms with van der Waals surface area (Å²) >= 11 is 0. The zero-order chi connectivity index (χ0) is 14.1. The fraction of sp³-hybridized carbons (Fsp3) is 0.588. The van der Waals surface area contributed by atoms with Crippen LogP contribution in [-0.2, 0) is 9.53 Å². The SMILES string of the molecule is CCOC(=O)C1C2CCC(C[C@@H]1c1ccccc1)N2C. The minimum atomic E-state index is -0.0152. The standard InChI is InChI=1S/C17H23NO2/c1-3-20-17(19)16-14(12-7-5-4-6-8-12)11-13-9-10-15(16)18(13)2/h4-8,13-16H,3,9-11H2,1-2H3/t13?,14-,15?,16?/m1/s1. The molecule has 20 heavy (non-hydrogen) atoms. The lowest BCUT2D eigenvalue weighted by Gasteiger charge is -2.41. The summed E-state index contributed by atoms with van der Waals surface area (Å²) in [7, 11) is 2.16. The Morgan fingerprint density at radius 3 is 2.75 bits per heavy atom. The van der Waals surface area contributed by atoms with E-state index in [1.807, 2.05) is 13.0 Å². The van der Waals surface area contributed by atoms with Crippen molar-refractivity contribution in [2.75, 3.05) is 13.7 Å². The molecule has 2 bridgehead atoms. The Kier molecular flexibility index (Phi) is 3.79. The molecule has 3 rings (SSSR count). The summed E-state index contributed by atoms with van der Waals surface area (Å²) in [5.74, 6) is 0.281. The Morgan fingerprint density at radius 2 is 2.05 bits per heavy atom. The number of esters is 1. The molecule has 0 aromatic heterocycles. The molecular weight excluding hydrogens is 250 g/mol. The molecule has 3 heteroatoms. The topological polar surface area (TPSA) is 29.5 Å². The summed E-state index contributed by atoms with van der Waals surface area (Å²) in [4.78, 5) is 14.9. The van der Waals surface area contributed by atoms with E-state index in [0.29, 0.717) is 24.6 Å². The zero-order valence-corrected chi connectivity index (χ0v) is 12.3. The van der Waals surface area contributed by atoms with E-state index >= 15 is 0 Å². The number of fused-ring (bicyclic) bond motifs is 2. The van der Waals surface area contributed by atoms with Gasteiger partial charge in [-0.3, -0.25) is 9.69 Å². The van der Waals surface area contributed by atoms with E-state index < -0.39 is 0 Å². The van der Waals surface area contributed by atoms with E-state index in [1.165, 1.54) is 12.0 Å². The Labute approximate surface area is 120 Å². The summed E-state index contributed by atoms with van der Waals surface area (Å²) in [6.45, 7) is 2.36. The minimum Gasteiger partial charge on any atom is -0.466 e. The number of rotatable bonds is 3. The third-order valence-electron chi connectivity index (χ3n) is 5.06. The second kappa shape index (κ2) is 5.57. The molecule has 2 heterocycles. The number of hydrogen-bond donors (Lipinski definition) is 0. The van der Waals surface area contributed by atoms with Crippen molar-refractivity contribution < 1.29 is 9.53 Å². The van der Waals surface area contributed by atoms with E-state index in [1.54, 1.807) is 0 Å². The van der Waals surface area contributed by atoms with Gasteiger partial charge in [0, 0.05) is 18.0 Å². The fourth-order valence-electron chi connectivity index (χ4n) is 4.07. The van der Waals surface area contributed by atoms with Crippen LogP contribution in [-0.4, -0.2) is 36.6 Å². The predicted octanol–water partition coefficient (Wildman–Crippen LogP) is 2.82. The van der Waals surface area contributed by atoms with Crippen LogP contribution in [0.25, 0.3) is 0 Å². The third kappa shape index (κ3) is 2.24. The van der Waals surface area contributed by atoms with E-state index in [-0.39, 0.29) is 11.9 Å². The molecule has 1 aromatic rings. The fourth-order valence-corrected chi connectivity index (χ4v) is 4.07. The molecule has 2 aliphatic heterocycles. The molecule has 3 nitrogen and oxygen atoms in total. The summed E-state index contributed by atoms with van der Waals surface area (Å²) in [6.07, 6.45) is 3.40. The van der Waals surface area contributed by atoms with Gasteiger partial charge >= 0.3 is 5.97 Å². The maximum atomic E-state index is 12.5. The van der Waals surface area contributed by atoms with Crippen molar-refractivity contribution in [3.8, 4) is 0 Å². The first-order valence-corrected chi connectivity index (χ1v) is 7.66. The van der Waals surface area contributed by atoms with Gasteiger partial charge in [0.15, 0.2) is 0 Å². The number of hydrogen-bond acceptors (Lipinski definition) is 3. The lowest BCUT2D eigenvalue weighted by Crippen LogP contribution is -2.49. The number of carbonyl (C=O) groups excluding carboxylic acids is 1. The molecule has 108 valence electrons. The Hall–Kier alpha value is -1.35. The first-order valence-electron chi connectivity index (χ1n) is 7.66. The summed E-state index contributed by atoms with van der Waals surface area (Å²) in [5, 5.41) is 0.